The Balaban J connectivity index is 1.44. The molecule has 10 heteroatoms. The summed E-state index contributed by atoms with van der Waals surface area (Å²) in [6.45, 7) is 1.97. The zero-order valence-electron chi connectivity index (χ0n) is 18.4. The van der Waals surface area contributed by atoms with E-state index in [-0.39, 0.29) is 37.2 Å². The molecular formula is C23H26F3N3O4. The van der Waals surface area contributed by atoms with Crippen molar-refractivity contribution in [1.29, 1.82) is 0 Å². The van der Waals surface area contributed by atoms with Gasteiger partial charge in [-0.2, -0.15) is 18.3 Å². The summed E-state index contributed by atoms with van der Waals surface area (Å²) in [6, 6.07) is 5.18. The third-order valence-corrected chi connectivity index (χ3v) is 6.87. The molecule has 0 unspecified atom stereocenters. The highest BCUT2D eigenvalue weighted by Crippen LogP contribution is 2.60. The summed E-state index contributed by atoms with van der Waals surface area (Å²) in [7, 11) is 1.52. The van der Waals surface area contributed by atoms with E-state index in [0.29, 0.717) is 42.0 Å². The molecule has 2 aliphatic rings. The number of carbonyl (C=O) groups is 1. The van der Waals surface area contributed by atoms with E-state index < -0.39 is 23.5 Å². The first-order valence-corrected chi connectivity index (χ1v) is 10.9. The van der Waals surface area contributed by atoms with Gasteiger partial charge in [-0.25, -0.2) is 4.98 Å². The molecule has 0 aliphatic heterocycles. The SMILES string of the molecule is COc1ccc(-c2cnnc(OC[C@H]3CC[C@H](C(F)(F)F)CC3)c2)nc1[C@@H]1C[C@@]1(C)C(=O)O. The Bertz CT molecular complexity index is 1020. The molecular weight excluding hydrogens is 439 g/mol. The van der Waals surface area contributed by atoms with Gasteiger partial charge in [0.25, 0.3) is 0 Å². The van der Waals surface area contributed by atoms with Crippen molar-refractivity contribution in [1.82, 2.24) is 15.2 Å². The van der Waals surface area contributed by atoms with Crippen LogP contribution in [0.25, 0.3) is 11.3 Å². The smallest absolute Gasteiger partial charge is 0.391 e. The minimum atomic E-state index is -4.13. The number of hydrogen-bond acceptors (Lipinski definition) is 6. The monoisotopic (exact) mass is 465 g/mol. The first-order valence-electron chi connectivity index (χ1n) is 10.9. The quantitative estimate of drug-likeness (QED) is 0.623. The van der Waals surface area contributed by atoms with Gasteiger partial charge in [0.05, 0.1) is 42.6 Å². The fraction of sp³-hybridized carbons (Fsp3) is 0.565. The number of ether oxygens (including phenoxy) is 2. The van der Waals surface area contributed by atoms with Crippen LogP contribution in [0.2, 0.25) is 0 Å². The maximum atomic E-state index is 12.8. The van der Waals surface area contributed by atoms with E-state index in [0.717, 1.165) is 0 Å². The second kappa shape index (κ2) is 8.79. The molecule has 0 spiro atoms. The molecule has 0 amide bonds. The summed E-state index contributed by atoms with van der Waals surface area (Å²) >= 11 is 0. The summed E-state index contributed by atoms with van der Waals surface area (Å²) in [5, 5.41) is 17.4. The Hall–Kier alpha value is -2.91. The largest absolute Gasteiger partial charge is 0.495 e. The van der Waals surface area contributed by atoms with Crippen molar-refractivity contribution in [2.24, 2.45) is 17.3 Å². The van der Waals surface area contributed by atoms with E-state index in [1.54, 1.807) is 25.1 Å². The third-order valence-electron chi connectivity index (χ3n) is 6.87. The number of carboxylic acids is 1. The van der Waals surface area contributed by atoms with Crippen LogP contribution >= 0.6 is 0 Å². The number of methoxy groups -OCH3 is 1. The van der Waals surface area contributed by atoms with Crippen molar-refractivity contribution >= 4 is 5.97 Å². The minimum Gasteiger partial charge on any atom is -0.495 e. The minimum absolute atomic E-state index is 0.0448. The van der Waals surface area contributed by atoms with Crippen LogP contribution in [0.3, 0.4) is 0 Å². The van der Waals surface area contributed by atoms with Crippen molar-refractivity contribution in [2.45, 2.75) is 51.1 Å². The van der Waals surface area contributed by atoms with E-state index in [9.17, 15) is 23.1 Å². The molecule has 2 aromatic rings. The van der Waals surface area contributed by atoms with Crippen molar-refractivity contribution in [3.8, 4) is 22.9 Å². The first kappa shape index (κ1) is 23.3. The molecule has 4 rings (SSSR count). The fourth-order valence-corrected chi connectivity index (χ4v) is 4.46. The van der Waals surface area contributed by atoms with Crippen molar-refractivity contribution < 1.29 is 32.5 Å². The number of alkyl halides is 3. The summed E-state index contributed by atoms with van der Waals surface area (Å²) in [5.41, 5.74) is 0.938. The highest BCUT2D eigenvalue weighted by Gasteiger charge is 2.59. The topological polar surface area (TPSA) is 94.4 Å². The predicted molar refractivity (Wildman–Crippen MR) is 112 cm³/mol. The number of rotatable bonds is 7. The highest BCUT2D eigenvalue weighted by molar-refractivity contribution is 5.80. The summed E-state index contributed by atoms with van der Waals surface area (Å²) < 4.78 is 49.7. The standard InChI is InChI=1S/C23H26F3N3O4/c1-22(21(30)31)10-16(22)20-18(32-2)8-7-17(28-20)14-9-19(29-27-11-14)33-12-13-3-5-15(6-4-13)23(24,25)26/h7-9,11,13,15-16H,3-6,10,12H2,1-2H3,(H,30,31)/t13-,15-,16-,22+/m0/s1. The van der Waals surface area contributed by atoms with Gasteiger partial charge in [0, 0.05) is 17.5 Å². The van der Waals surface area contributed by atoms with Crippen molar-refractivity contribution in [3.63, 3.8) is 0 Å². The molecule has 2 saturated carbocycles. The maximum Gasteiger partial charge on any atom is 0.391 e. The van der Waals surface area contributed by atoms with Gasteiger partial charge in [0.15, 0.2) is 0 Å². The summed E-state index contributed by atoms with van der Waals surface area (Å²) in [6.07, 6.45) is -0.943. The summed E-state index contributed by atoms with van der Waals surface area (Å²) in [4.78, 5) is 16.2. The molecule has 2 aliphatic carbocycles. The fourth-order valence-electron chi connectivity index (χ4n) is 4.46. The number of aliphatic carboxylic acids is 1. The number of aromatic nitrogens is 3. The molecule has 33 heavy (non-hydrogen) atoms. The second-order valence-corrected chi connectivity index (χ2v) is 9.12. The van der Waals surface area contributed by atoms with Gasteiger partial charge in [0.1, 0.15) is 5.75 Å². The molecule has 0 saturated heterocycles. The Labute approximate surface area is 189 Å². The van der Waals surface area contributed by atoms with Crippen LogP contribution in [-0.4, -0.2) is 46.2 Å². The van der Waals surface area contributed by atoms with Crippen LogP contribution < -0.4 is 9.47 Å². The van der Waals surface area contributed by atoms with Crippen LogP contribution in [0.15, 0.2) is 24.4 Å². The molecule has 178 valence electrons. The number of hydrogen-bond donors (Lipinski definition) is 1. The third kappa shape index (κ3) is 4.89. The molecule has 0 aromatic carbocycles. The van der Waals surface area contributed by atoms with E-state index in [1.165, 1.54) is 13.3 Å². The van der Waals surface area contributed by atoms with Gasteiger partial charge in [-0.15, -0.1) is 5.10 Å². The number of nitrogens with zero attached hydrogens (tertiary/aromatic N) is 3. The average molecular weight is 465 g/mol. The Kier molecular flexibility index (Phi) is 6.20. The van der Waals surface area contributed by atoms with E-state index in [2.05, 4.69) is 15.2 Å². The van der Waals surface area contributed by atoms with Gasteiger partial charge in [-0.3, -0.25) is 4.79 Å². The molecule has 2 heterocycles. The van der Waals surface area contributed by atoms with Gasteiger partial charge < -0.3 is 14.6 Å². The number of halogens is 3. The number of pyridine rings is 1. The molecule has 0 radical (unpaired) electrons. The van der Waals surface area contributed by atoms with E-state index in [4.69, 9.17) is 9.47 Å². The highest BCUT2D eigenvalue weighted by atomic mass is 19.4. The molecule has 1 N–H and O–H groups in total. The van der Waals surface area contributed by atoms with Gasteiger partial charge >= 0.3 is 12.1 Å². The zero-order chi connectivity index (χ0) is 23.8. The first-order chi connectivity index (χ1) is 15.6. The van der Waals surface area contributed by atoms with Crippen LogP contribution in [0, 0.1) is 17.3 Å². The van der Waals surface area contributed by atoms with Crippen LogP contribution in [0.5, 0.6) is 11.6 Å². The molecule has 2 atom stereocenters. The zero-order valence-corrected chi connectivity index (χ0v) is 18.4. The van der Waals surface area contributed by atoms with E-state index in [1.807, 2.05) is 0 Å². The van der Waals surface area contributed by atoms with Crippen molar-refractivity contribution in [2.75, 3.05) is 13.7 Å². The average Bonchev–Trinajstić information content (AvgIpc) is 3.50. The molecule has 2 aromatic heterocycles. The lowest BCUT2D eigenvalue weighted by molar-refractivity contribution is -0.184. The predicted octanol–water partition coefficient (Wildman–Crippen LogP) is 4.87. The lowest BCUT2D eigenvalue weighted by Gasteiger charge is -2.29. The normalized spacial score (nSPS) is 27.1. The number of carboxylic acid groups (broad SMARTS) is 1. The maximum absolute atomic E-state index is 12.8. The lowest BCUT2D eigenvalue weighted by Crippen LogP contribution is -2.29. The lowest BCUT2D eigenvalue weighted by atomic mass is 9.82. The molecule has 0 bridgehead atoms. The molecule has 7 nitrogen and oxygen atoms in total. The van der Waals surface area contributed by atoms with Gasteiger partial charge in [0.2, 0.25) is 5.88 Å². The molecule has 2 fully saturated rings. The Morgan fingerprint density at radius 2 is 1.97 bits per heavy atom. The van der Waals surface area contributed by atoms with Gasteiger partial charge in [-0.05, 0) is 57.1 Å². The second-order valence-electron chi connectivity index (χ2n) is 9.12. The Morgan fingerprint density at radius 3 is 2.58 bits per heavy atom. The van der Waals surface area contributed by atoms with Crippen LogP contribution in [0.4, 0.5) is 13.2 Å². The Morgan fingerprint density at radius 1 is 1.24 bits per heavy atom. The van der Waals surface area contributed by atoms with Crippen LogP contribution in [-0.2, 0) is 4.79 Å². The van der Waals surface area contributed by atoms with Crippen molar-refractivity contribution in [3.05, 3.63) is 30.1 Å². The van der Waals surface area contributed by atoms with Crippen LogP contribution in [0.1, 0.15) is 50.6 Å². The van der Waals surface area contributed by atoms with E-state index >= 15 is 0 Å². The van der Waals surface area contributed by atoms with Gasteiger partial charge in [-0.1, -0.05) is 0 Å². The summed E-state index contributed by atoms with van der Waals surface area (Å²) in [5.74, 6) is -1.49.